The fraction of sp³-hybridized carbons (Fsp3) is 0.364. The lowest BCUT2D eigenvalue weighted by Gasteiger charge is -2.14. The van der Waals surface area contributed by atoms with Gasteiger partial charge in [-0.05, 0) is 18.9 Å². The summed E-state index contributed by atoms with van der Waals surface area (Å²) in [4.78, 5) is 19.6. The van der Waals surface area contributed by atoms with Gasteiger partial charge in [0.25, 0.3) is 5.91 Å². The van der Waals surface area contributed by atoms with Gasteiger partial charge in [-0.1, -0.05) is 0 Å². The fourth-order valence-electron chi connectivity index (χ4n) is 1.99. The van der Waals surface area contributed by atoms with Gasteiger partial charge in [0.1, 0.15) is 17.8 Å². The van der Waals surface area contributed by atoms with E-state index in [2.05, 4.69) is 25.5 Å². The van der Waals surface area contributed by atoms with E-state index in [1.807, 2.05) is 4.57 Å². The maximum absolute atomic E-state index is 11.9. The van der Waals surface area contributed by atoms with E-state index in [9.17, 15) is 4.79 Å². The molecule has 92 valence electrons. The van der Waals surface area contributed by atoms with E-state index in [1.54, 1.807) is 6.07 Å². The molecule has 7 heteroatoms. The summed E-state index contributed by atoms with van der Waals surface area (Å²) in [6, 6.07) is 1.56. The summed E-state index contributed by atoms with van der Waals surface area (Å²) < 4.78 is 1.95. The monoisotopic (exact) mass is 244 g/mol. The summed E-state index contributed by atoms with van der Waals surface area (Å²) >= 11 is 0. The minimum atomic E-state index is -0.293. The van der Waals surface area contributed by atoms with Crippen LogP contribution in [0.4, 0.5) is 5.95 Å². The largest absolute Gasteiger partial charge is 0.297 e. The minimum Gasteiger partial charge on any atom is -0.297 e. The third-order valence-electron chi connectivity index (χ3n) is 2.90. The quantitative estimate of drug-likeness (QED) is 0.838. The third kappa shape index (κ3) is 1.94. The van der Waals surface area contributed by atoms with Crippen molar-refractivity contribution in [2.24, 2.45) is 0 Å². The number of carbonyl (C=O) groups is 1. The van der Waals surface area contributed by atoms with Gasteiger partial charge in [-0.3, -0.25) is 14.7 Å². The lowest BCUT2D eigenvalue weighted by atomic mass is 10.2. The Kier molecular flexibility index (Phi) is 2.71. The molecule has 0 aromatic carbocycles. The second-order valence-electron chi connectivity index (χ2n) is 4.10. The molecule has 0 atom stereocenters. The molecule has 0 radical (unpaired) electrons. The van der Waals surface area contributed by atoms with Crippen molar-refractivity contribution in [3.05, 3.63) is 30.1 Å². The smallest absolute Gasteiger partial charge is 0.276 e. The van der Waals surface area contributed by atoms with Crippen LogP contribution in [0.25, 0.3) is 0 Å². The molecule has 2 aromatic heterocycles. The SMILES string of the molecule is O=C(Nc1nnc2n1CCCC2)c1ccncn1. The maximum atomic E-state index is 11.9. The highest BCUT2D eigenvalue weighted by molar-refractivity contribution is 6.01. The van der Waals surface area contributed by atoms with E-state index in [-0.39, 0.29) is 5.91 Å². The molecular weight excluding hydrogens is 232 g/mol. The van der Waals surface area contributed by atoms with Gasteiger partial charge in [0.2, 0.25) is 5.95 Å². The normalized spacial score (nSPS) is 14.0. The molecule has 3 rings (SSSR count). The Labute approximate surface area is 103 Å². The molecule has 0 fully saturated rings. The molecule has 18 heavy (non-hydrogen) atoms. The molecule has 1 aliphatic rings. The van der Waals surface area contributed by atoms with Crippen LogP contribution in [0.2, 0.25) is 0 Å². The van der Waals surface area contributed by atoms with Crippen LogP contribution in [0.5, 0.6) is 0 Å². The molecule has 0 spiro atoms. The average molecular weight is 244 g/mol. The van der Waals surface area contributed by atoms with Crippen molar-refractivity contribution >= 4 is 11.9 Å². The van der Waals surface area contributed by atoms with E-state index in [1.165, 1.54) is 12.5 Å². The Morgan fingerprint density at radius 3 is 3.11 bits per heavy atom. The number of aryl methyl sites for hydroxylation is 1. The van der Waals surface area contributed by atoms with Crippen LogP contribution in [-0.4, -0.2) is 30.6 Å². The highest BCUT2D eigenvalue weighted by Gasteiger charge is 2.18. The molecule has 0 bridgehead atoms. The molecular formula is C11H12N6O. The Morgan fingerprint density at radius 1 is 1.33 bits per heavy atom. The van der Waals surface area contributed by atoms with Crippen LogP contribution >= 0.6 is 0 Å². The first-order valence-electron chi connectivity index (χ1n) is 5.84. The number of nitrogens with zero attached hydrogens (tertiary/aromatic N) is 5. The number of hydrogen-bond donors (Lipinski definition) is 1. The number of hydrogen-bond acceptors (Lipinski definition) is 5. The summed E-state index contributed by atoms with van der Waals surface area (Å²) in [5.41, 5.74) is 0.318. The summed E-state index contributed by atoms with van der Waals surface area (Å²) in [6.07, 6.45) is 5.99. The first-order chi connectivity index (χ1) is 8.84. The fourth-order valence-corrected chi connectivity index (χ4v) is 1.99. The van der Waals surface area contributed by atoms with Gasteiger partial charge in [0.05, 0.1) is 0 Å². The molecule has 0 aliphatic carbocycles. The van der Waals surface area contributed by atoms with Crippen molar-refractivity contribution in [2.45, 2.75) is 25.8 Å². The van der Waals surface area contributed by atoms with Gasteiger partial charge in [-0.2, -0.15) is 0 Å². The van der Waals surface area contributed by atoms with Gasteiger partial charge >= 0.3 is 0 Å². The first-order valence-corrected chi connectivity index (χ1v) is 5.84. The Hall–Kier alpha value is -2.31. The second kappa shape index (κ2) is 4.52. The van der Waals surface area contributed by atoms with Crippen molar-refractivity contribution in [1.29, 1.82) is 0 Å². The van der Waals surface area contributed by atoms with Gasteiger partial charge in [-0.25, -0.2) is 9.97 Å². The van der Waals surface area contributed by atoms with Crippen LogP contribution in [0.1, 0.15) is 29.2 Å². The molecule has 1 aliphatic heterocycles. The van der Waals surface area contributed by atoms with Crippen LogP contribution in [-0.2, 0) is 13.0 Å². The molecule has 1 amide bonds. The van der Waals surface area contributed by atoms with Crippen molar-refractivity contribution in [3.8, 4) is 0 Å². The van der Waals surface area contributed by atoms with Crippen molar-refractivity contribution < 1.29 is 4.79 Å². The number of nitrogens with one attached hydrogen (secondary N) is 1. The predicted molar refractivity (Wildman–Crippen MR) is 62.9 cm³/mol. The van der Waals surface area contributed by atoms with Crippen molar-refractivity contribution in [2.75, 3.05) is 5.32 Å². The minimum absolute atomic E-state index is 0.293. The molecule has 7 nitrogen and oxygen atoms in total. The summed E-state index contributed by atoms with van der Waals surface area (Å²) in [5.74, 6) is 1.13. The zero-order valence-corrected chi connectivity index (χ0v) is 9.70. The molecule has 1 N–H and O–H groups in total. The zero-order valence-electron chi connectivity index (χ0n) is 9.70. The van der Waals surface area contributed by atoms with Gasteiger partial charge < -0.3 is 0 Å². The third-order valence-corrected chi connectivity index (χ3v) is 2.90. The standard InChI is InChI=1S/C11H12N6O/c18-10(8-4-5-12-7-13-8)14-11-16-15-9-3-1-2-6-17(9)11/h4-5,7H,1-3,6H2,(H,14,16,18). The van der Waals surface area contributed by atoms with Gasteiger partial charge in [0, 0.05) is 19.2 Å². The van der Waals surface area contributed by atoms with Crippen molar-refractivity contribution in [1.82, 2.24) is 24.7 Å². The van der Waals surface area contributed by atoms with E-state index >= 15 is 0 Å². The van der Waals surface area contributed by atoms with E-state index < -0.39 is 0 Å². The molecule has 0 unspecified atom stereocenters. The molecule has 0 saturated heterocycles. The number of aromatic nitrogens is 5. The molecule has 3 heterocycles. The van der Waals surface area contributed by atoms with E-state index in [0.29, 0.717) is 11.6 Å². The second-order valence-corrected chi connectivity index (χ2v) is 4.10. The highest BCUT2D eigenvalue weighted by Crippen LogP contribution is 2.17. The highest BCUT2D eigenvalue weighted by atomic mass is 16.2. The number of fused-ring (bicyclic) bond motifs is 1. The number of anilines is 1. The maximum Gasteiger partial charge on any atom is 0.276 e. The number of rotatable bonds is 2. The zero-order chi connectivity index (χ0) is 12.4. The lowest BCUT2D eigenvalue weighted by Crippen LogP contribution is -2.19. The number of amides is 1. The summed E-state index contributed by atoms with van der Waals surface area (Å²) in [6.45, 7) is 0.849. The van der Waals surface area contributed by atoms with E-state index in [4.69, 9.17) is 0 Å². The first kappa shape index (κ1) is 10.8. The molecule has 2 aromatic rings. The predicted octanol–water partition coefficient (Wildman–Crippen LogP) is 0.657. The van der Waals surface area contributed by atoms with Gasteiger partial charge in [-0.15, -0.1) is 10.2 Å². The van der Waals surface area contributed by atoms with E-state index in [0.717, 1.165) is 31.6 Å². The summed E-state index contributed by atoms with van der Waals surface area (Å²) in [5, 5.41) is 10.8. The van der Waals surface area contributed by atoms with Crippen LogP contribution < -0.4 is 5.32 Å². The summed E-state index contributed by atoms with van der Waals surface area (Å²) in [7, 11) is 0. The van der Waals surface area contributed by atoms with Crippen LogP contribution in [0.3, 0.4) is 0 Å². The Morgan fingerprint density at radius 2 is 2.28 bits per heavy atom. The van der Waals surface area contributed by atoms with Crippen molar-refractivity contribution in [3.63, 3.8) is 0 Å². The number of carbonyl (C=O) groups excluding carboxylic acids is 1. The topological polar surface area (TPSA) is 85.6 Å². The Bertz CT molecular complexity index is 564. The molecule has 0 saturated carbocycles. The van der Waals surface area contributed by atoms with Crippen LogP contribution in [0.15, 0.2) is 18.6 Å². The lowest BCUT2D eigenvalue weighted by molar-refractivity contribution is 0.102. The Balaban J connectivity index is 1.81. The van der Waals surface area contributed by atoms with Gasteiger partial charge in [0.15, 0.2) is 0 Å². The average Bonchev–Trinajstić information content (AvgIpc) is 2.83. The van der Waals surface area contributed by atoms with Crippen LogP contribution in [0, 0.1) is 0 Å².